The summed E-state index contributed by atoms with van der Waals surface area (Å²) >= 11 is 0. The number of hydrogen-bond acceptors (Lipinski definition) is 5. The monoisotopic (exact) mass is 461 g/mol. The van der Waals surface area contributed by atoms with Crippen LogP contribution in [0.1, 0.15) is 29.5 Å². The molecule has 34 heavy (non-hydrogen) atoms. The summed E-state index contributed by atoms with van der Waals surface area (Å²) in [6.07, 6.45) is 0.373. The van der Waals surface area contributed by atoms with E-state index in [0.29, 0.717) is 26.4 Å². The highest BCUT2D eigenvalue weighted by atomic mass is 16.5. The molecule has 2 aromatic rings. The Bertz CT molecular complexity index is 1100. The molecule has 0 radical (unpaired) electrons. The predicted molar refractivity (Wildman–Crippen MR) is 128 cm³/mol. The van der Waals surface area contributed by atoms with Gasteiger partial charge < -0.3 is 19.7 Å². The average Bonchev–Trinajstić information content (AvgIpc) is 2.84. The first-order valence-corrected chi connectivity index (χ1v) is 11.1. The molecule has 2 aromatic carbocycles. The molecule has 0 spiro atoms. The lowest BCUT2D eigenvalue weighted by atomic mass is 10.0. The summed E-state index contributed by atoms with van der Waals surface area (Å²) in [6, 6.07) is 15.4. The number of ether oxygens (including phenoxy) is 2. The van der Waals surface area contributed by atoms with Gasteiger partial charge >= 0.3 is 0 Å². The van der Waals surface area contributed by atoms with Crippen molar-refractivity contribution in [3.63, 3.8) is 0 Å². The number of benzene rings is 2. The molecule has 1 aliphatic heterocycles. The topological polar surface area (TPSA) is 117 Å². The first-order valence-electron chi connectivity index (χ1n) is 11.1. The van der Waals surface area contributed by atoms with Gasteiger partial charge in [0.25, 0.3) is 0 Å². The predicted octanol–water partition coefficient (Wildman–Crippen LogP) is 3.17. The third-order valence-electron chi connectivity index (χ3n) is 5.08. The minimum Gasteiger partial charge on any atom is -0.379 e. The maximum Gasteiger partial charge on any atom is 0.229 e. The third kappa shape index (κ3) is 7.64. The lowest BCUT2D eigenvalue weighted by Gasteiger charge is -2.26. The van der Waals surface area contributed by atoms with E-state index in [1.54, 1.807) is 4.90 Å². The highest BCUT2D eigenvalue weighted by molar-refractivity contribution is 5.95. The molecule has 1 heterocycles. The van der Waals surface area contributed by atoms with Crippen molar-refractivity contribution in [1.29, 1.82) is 0 Å². The number of carbonyl (C=O) groups excluding carboxylic acids is 2. The van der Waals surface area contributed by atoms with Crippen molar-refractivity contribution in [2.45, 2.75) is 19.4 Å². The molecule has 0 bridgehead atoms. The number of hydrogen-bond donors (Lipinski definition) is 1. The molecule has 0 saturated carbocycles. The van der Waals surface area contributed by atoms with Gasteiger partial charge in [-0.25, -0.2) is 0 Å². The van der Waals surface area contributed by atoms with Crippen molar-refractivity contribution < 1.29 is 19.1 Å². The smallest absolute Gasteiger partial charge is 0.229 e. The molecule has 0 atom stereocenters. The van der Waals surface area contributed by atoms with Crippen LogP contribution in [0.4, 0.5) is 5.69 Å². The van der Waals surface area contributed by atoms with Crippen LogP contribution in [-0.2, 0) is 25.6 Å². The van der Waals surface area contributed by atoms with Crippen molar-refractivity contribution >= 4 is 17.5 Å². The van der Waals surface area contributed by atoms with E-state index < -0.39 is 0 Å². The van der Waals surface area contributed by atoms with Crippen molar-refractivity contribution in [1.82, 2.24) is 5.32 Å². The molecule has 0 saturated heterocycles. The molecule has 3 rings (SSSR count). The second-order valence-corrected chi connectivity index (χ2v) is 7.43. The van der Waals surface area contributed by atoms with Crippen LogP contribution in [0, 0.1) is 11.8 Å². The van der Waals surface area contributed by atoms with Gasteiger partial charge in [0.2, 0.25) is 11.8 Å². The summed E-state index contributed by atoms with van der Waals surface area (Å²) in [5.41, 5.74) is 11.6. The van der Waals surface area contributed by atoms with Gasteiger partial charge in [-0.05, 0) is 29.3 Å². The molecule has 2 amide bonds. The Labute approximate surface area is 198 Å². The van der Waals surface area contributed by atoms with E-state index in [2.05, 4.69) is 27.2 Å². The lowest BCUT2D eigenvalue weighted by Crippen LogP contribution is -2.35. The molecule has 176 valence electrons. The van der Waals surface area contributed by atoms with E-state index in [1.807, 2.05) is 48.5 Å². The fourth-order valence-corrected chi connectivity index (χ4v) is 3.38. The zero-order valence-electron chi connectivity index (χ0n) is 18.9. The second-order valence-electron chi connectivity index (χ2n) is 7.43. The number of para-hydroxylation sites is 1. The Kier molecular flexibility index (Phi) is 9.96. The second kappa shape index (κ2) is 13.7. The summed E-state index contributed by atoms with van der Waals surface area (Å²) in [6.45, 7) is 2.25. The van der Waals surface area contributed by atoms with Gasteiger partial charge in [-0.15, -0.1) is 0 Å². The SMILES string of the molecule is [N-]=[N+]=NCCOCCOCCC(=O)NCCC(=O)N1Cc2ccccc2C#Cc2ccccc21. The molecule has 1 aliphatic rings. The van der Waals surface area contributed by atoms with Gasteiger partial charge in [-0.3, -0.25) is 9.59 Å². The van der Waals surface area contributed by atoms with E-state index in [4.69, 9.17) is 15.0 Å². The largest absolute Gasteiger partial charge is 0.379 e. The van der Waals surface area contributed by atoms with E-state index in [1.165, 1.54) is 0 Å². The summed E-state index contributed by atoms with van der Waals surface area (Å²) in [4.78, 5) is 29.5. The molecule has 1 N–H and O–H groups in total. The molecule has 0 aromatic heterocycles. The average molecular weight is 462 g/mol. The number of nitrogens with one attached hydrogen (secondary N) is 1. The van der Waals surface area contributed by atoms with E-state index in [0.717, 1.165) is 22.4 Å². The Morgan fingerprint density at radius 1 is 0.971 bits per heavy atom. The number of anilines is 1. The molecule has 0 fully saturated rings. The number of amides is 2. The summed E-state index contributed by atoms with van der Waals surface area (Å²) in [5.74, 6) is 6.11. The first-order chi connectivity index (χ1) is 16.7. The minimum atomic E-state index is -0.179. The molecule has 9 nitrogen and oxygen atoms in total. The van der Waals surface area contributed by atoms with Crippen molar-refractivity contribution in [2.75, 3.05) is 44.4 Å². The maximum atomic E-state index is 13.1. The third-order valence-corrected chi connectivity index (χ3v) is 5.08. The van der Waals surface area contributed by atoms with Crippen LogP contribution in [0.15, 0.2) is 53.6 Å². The van der Waals surface area contributed by atoms with Gasteiger partial charge in [0, 0.05) is 42.0 Å². The van der Waals surface area contributed by atoms with E-state index >= 15 is 0 Å². The van der Waals surface area contributed by atoms with Gasteiger partial charge in [-0.1, -0.05) is 47.3 Å². The summed E-state index contributed by atoms with van der Waals surface area (Å²) < 4.78 is 10.6. The maximum absolute atomic E-state index is 13.1. The number of fused-ring (bicyclic) bond motifs is 2. The van der Waals surface area contributed by atoms with Gasteiger partial charge in [-0.2, -0.15) is 0 Å². The van der Waals surface area contributed by atoms with Crippen LogP contribution in [-0.4, -0.2) is 51.3 Å². The quantitative estimate of drug-likeness (QED) is 0.172. The molecular formula is C25H27N5O4. The lowest BCUT2D eigenvalue weighted by molar-refractivity contribution is -0.122. The van der Waals surface area contributed by atoms with Gasteiger partial charge in [0.05, 0.1) is 38.7 Å². The number of rotatable bonds is 12. The Balaban J connectivity index is 1.44. The van der Waals surface area contributed by atoms with Crippen LogP contribution >= 0.6 is 0 Å². The van der Waals surface area contributed by atoms with Crippen LogP contribution in [0.25, 0.3) is 10.4 Å². The standard InChI is InChI=1S/C25H27N5O4/c26-29-28-14-16-34-18-17-33-15-12-24(31)27-13-11-25(32)30-19-22-7-2-1-5-20(22)9-10-21-6-3-4-8-23(21)30/h1-8H,11-19H2,(H,27,31). The zero-order chi connectivity index (χ0) is 24.0. The van der Waals surface area contributed by atoms with Gasteiger partial charge in [0.1, 0.15) is 0 Å². The van der Waals surface area contributed by atoms with Crippen LogP contribution in [0.5, 0.6) is 0 Å². The zero-order valence-corrected chi connectivity index (χ0v) is 18.9. The molecule has 0 unspecified atom stereocenters. The Hall–Kier alpha value is -3.83. The number of carbonyl (C=O) groups is 2. The summed E-state index contributed by atoms with van der Waals surface area (Å²) in [7, 11) is 0. The van der Waals surface area contributed by atoms with E-state index in [-0.39, 0.29) is 44.4 Å². The van der Waals surface area contributed by atoms with Crippen molar-refractivity contribution in [3.05, 3.63) is 75.7 Å². The number of nitrogens with zero attached hydrogens (tertiary/aromatic N) is 4. The highest BCUT2D eigenvalue weighted by Gasteiger charge is 2.20. The fourth-order valence-electron chi connectivity index (χ4n) is 3.38. The van der Waals surface area contributed by atoms with Crippen LogP contribution in [0.3, 0.4) is 0 Å². The molecule has 9 heteroatoms. The first kappa shape index (κ1) is 24.8. The van der Waals surface area contributed by atoms with Crippen LogP contribution < -0.4 is 10.2 Å². The Morgan fingerprint density at radius 3 is 2.50 bits per heavy atom. The Morgan fingerprint density at radius 2 is 1.68 bits per heavy atom. The molecular weight excluding hydrogens is 434 g/mol. The van der Waals surface area contributed by atoms with Crippen molar-refractivity contribution in [3.8, 4) is 11.8 Å². The fraction of sp³-hybridized carbons (Fsp3) is 0.360. The minimum absolute atomic E-state index is 0.0830. The van der Waals surface area contributed by atoms with Crippen molar-refractivity contribution in [2.24, 2.45) is 5.11 Å². The van der Waals surface area contributed by atoms with Gasteiger partial charge in [0.15, 0.2) is 0 Å². The number of azide groups is 1. The summed E-state index contributed by atoms with van der Waals surface area (Å²) in [5, 5.41) is 6.14. The normalized spacial score (nSPS) is 11.6. The molecule has 0 aliphatic carbocycles. The van der Waals surface area contributed by atoms with E-state index in [9.17, 15) is 9.59 Å². The van der Waals surface area contributed by atoms with Crippen LogP contribution in [0.2, 0.25) is 0 Å². The highest BCUT2D eigenvalue weighted by Crippen LogP contribution is 2.25.